The Morgan fingerprint density at radius 1 is 0.957 bits per heavy atom. The predicted molar refractivity (Wildman–Crippen MR) is 81.6 cm³/mol. The van der Waals surface area contributed by atoms with E-state index in [1.165, 1.54) is 51.7 Å². The summed E-state index contributed by atoms with van der Waals surface area (Å²) in [4.78, 5) is 12.2. The van der Waals surface area contributed by atoms with Gasteiger partial charge in [0.15, 0.2) is 0 Å². The molecule has 0 aliphatic carbocycles. The van der Waals surface area contributed by atoms with Crippen molar-refractivity contribution in [2.24, 2.45) is 0 Å². The van der Waals surface area contributed by atoms with Gasteiger partial charge in [0.05, 0.1) is 26.9 Å². The van der Waals surface area contributed by atoms with Crippen molar-refractivity contribution >= 4 is 5.97 Å². The normalized spacial score (nSPS) is 10.1. The maximum Gasteiger partial charge on any atom is 0.338 e. The van der Waals surface area contributed by atoms with Crippen molar-refractivity contribution in [3.05, 3.63) is 53.3 Å². The first kappa shape index (κ1) is 16.6. The fourth-order valence-electron chi connectivity index (χ4n) is 2.01. The summed E-state index contributed by atoms with van der Waals surface area (Å²) in [6, 6.07) is 8.73. The third kappa shape index (κ3) is 4.12. The molecule has 2 aromatic carbocycles. The number of halogens is 1. The van der Waals surface area contributed by atoms with Gasteiger partial charge in [-0.25, -0.2) is 9.18 Å². The van der Waals surface area contributed by atoms with Gasteiger partial charge in [-0.15, -0.1) is 0 Å². The van der Waals surface area contributed by atoms with E-state index in [4.69, 9.17) is 18.9 Å². The minimum atomic E-state index is -0.575. The van der Waals surface area contributed by atoms with E-state index in [1.807, 2.05) is 0 Å². The average molecular weight is 320 g/mol. The SMILES string of the molecule is COc1cc(OC)cc(C(=O)OCc2cc(F)ccc2OC)c1. The van der Waals surface area contributed by atoms with Crippen LogP contribution in [0.5, 0.6) is 17.2 Å². The molecule has 122 valence electrons. The van der Waals surface area contributed by atoms with Crippen LogP contribution in [-0.2, 0) is 11.3 Å². The van der Waals surface area contributed by atoms with E-state index in [-0.39, 0.29) is 12.2 Å². The topological polar surface area (TPSA) is 54.0 Å². The number of rotatable bonds is 6. The first-order chi connectivity index (χ1) is 11.1. The lowest BCUT2D eigenvalue weighted by molar-refractivity contribution is 0.0469. The Kier molecular flexibility index (Phi) is 5.41. The van der Waals surface area contributed by atoms with Gasteiger partial charge in [-0.1, -0.05) is 0 Å². The minimum absolute atomic E-state index is 0.112. The van der Waals surface area contributed by atoms with Crippen molar-refractivity contribution in [2.45, 2.75) is 6.61 Å². The summed E-state index contributed by atoms with van der Waals surface area (Å²) >= 11 is 0. The maximum absolute atomic E-state index is 13.3. The zero-order valence-electron chi connectivity index (χ0n) is 13.1. The highest BCUT2D eigenvalue weighted by atomic mass is 19.1. The van der Waals surface area contributed by atoms with Gasteiger partial charge in [-0.05, 0) is 30.3 Å². The Morgan fingerprint density at radius 3 is 2.17 bits per heavy atom. The number of ether oxygens (including phenoxy) is 4. The predicted octanol–water partition coefficient (Wildman–Crippen LogP) is 3.21. The van der Waals surface area contributed by atoms with E-state index in [9.17, 15) is 9.18 Å². The molecule has 0 saturated carbocycles. The van der Waals surface area contributed by atoms with Gasteiger partial charge < -0.3 is 18.9 Å². The van der Waals surface area contributed by atoms with Crippen LogP contribution in [0.4, 0.5) is 4.39 Å². The minimum Gasteiger partial charge on any atom is -0.497 e. The summed E-state index contributed by atoms with van der Waals surface area (Å²) in [6.07, 6.45) is 0. The monoisotopic (exact) mass is 320 g/mol. The first-order valence-electron chi connectivity index (χ1n) is 6.80. The highest BCUT2D eigenvalue weighted by Gasteiger charge is 2.13. The molecule has 0 amide bonds. The number of carbonyl (C=O) groups excluding carboxylic acids is 1. The number of benzene rings is 2. The lowest BCUT2D eigenvalue weighted by Gasteiger charge is -2.11. The molecule has 2 rings (SSSR count). The average Bonchev–Trinajstić information content (AvgIpc) is 2.59. The summed E-state index contributed by atoms with van der Waals surface area (Å²) in [6.45, 7) is -0.112. The molecule has 0 aromatic heterocycles. The third-order valence-electron chi connectivity index (χ3n) is 3.19. The lowest BCUT2D eigenvalue weighted by atomic mass is 10.2. The van der Waals surface area contributed by atoms with E-state index in [0.717, 1.165) is 0 Å². The Balaban J connectivity index is 2.15. The van der Waals surface area contributed by atoms with Gasteiger partial charge in [0.25, 0.3) is 0 Å². The van der Waals surface area contributed by atoms with Crippen molar-refractivity contribution in [1.29, 1.82) is 0 Å². The van der Waals surface area contributed by atoms with Gasteiger partial charge in [0.2, 0.25) is 0 Å². The molecular weight excluding hydrogens is 303 g/mol. The van der Waals surface area contributed by atoms with Crippen molar-refractivity contribution in [1.82, 2.24) is 0 Å². The molecule has 6 heteroatoms. The summed E-state index contributed by atoms with van der Waals surface area (Å²) in [5.41, 5.74) is 0.715. The molecule has 5 nitrogen and oxygen atoms in total. The fourth-order valence-corrected chi connectivity index (χ4v) is 2.01. The van der Waals surface area contributed by atoms with Gasteiger partial charge in [-0.2, -0.15) is 0 Å². The van der Waals surface area contributed by atoms with E-state index < -0.39 is 11.8 Å². The molecular formula is C17H17FO5. The molecule has 0 radical (unpaired) electrons. The van der Waals surface area contributed by atoms with Crippen molar-refractivity contribution in [2.75, 3.05) is 21.3 Å². The van der Waals surface area contributed by atoms with Crippen molar-refractivity contribution in [3.8, 4) is 17.2 Å². The van der Waals surface area contributed by atoms with E-state index in [0.29, 0.717) is 22.8 Å². The molecule has 0 heterocycles. The zero-order valence-corrected chi connectivity index (χ0v) is 13.1. The molecule has 23 heavy (non-hydrogen) atoms. The summed E-state index contributed by atoms with van der Waals surface area (Å²) < 4.78 is 33.8. The van der Waals surface area contributed by atoms with Crippen LogP contribution in [-0.4, -0.2) is 27.3 Å². The first-order valence-corrected chi connectivity index (χ1v) is 6.80. The fraction of sp³-hybridized carbons (Fsp3) is 0.235. The standard InChI is InChI=1S/C17H17FO5/c1-20-14-7-11(8-15(9-14)21-2)17(19)23-10-12-6-13(18)4-5-16(12)22-3/h4-9H,10H2,1-3H3. The molecule has 0 N–H and O–H groups in total. The number of methoxy groups -OCH3 is 3. The van der Waals surface area contributed by atoms with Crippen molar-refractivity contribution < 1.29 is 28.1 Å². The van der Waals surface area contributed by atoms with Crippen LogP contribution < -0.4 is 14.2 Å². The molecule has 0 fully saturated rings. The highest BCUT2D eigenvalue weighted by Crippen LogP contribution is 2.24. The van der Waals surface area contributed by atoms with Crippen LogP contribution in [0.25, 0.3) is 0 Å². The van der Waals surface area contributed by atoms with Crippen LogP contribution in [0.1, 0.15) is 15.9 Å². The van der Waals surface area contributed by atoms with Crippen molar-refractivity contribution in [3.63, 3.8) is 0 Å². The smallest absolute Gasteiger partial charge is 0.338 e. The summed E-state index contributed by atoms with van der Waals surface area (Å²) in [7, 11) is 4.44. The van der Waals surface area contributed by atoms with Gasteiger partial charge >= 0.3 is 5.97 Å². The Morgan fingerprint density at radius 2 is 1.61 bits per heavy atom. The van der Waals surface area contributed by atoms with Crippen LogP contribution in [0.3, 0.4) is 0 Å². The maximum atomic E-state index is 13.3. The molecule has 0 unspecified atom stereocenters. The molecule has 0 aliphatic heterocycles. The molecule has 0 atom stereocenters. The molecule has 0 spiro atoms. The van der Waals surface area contributed by atoms with E-state index >= 15 is 0 Å². The van der Waals surface area contributed by atoms with E-state index in [2.05, 4.69) is 0 Å². The molecule has 2 aromatic rings. The summed E-state index contributed by atoms with van der Waals surface area (Å²) in [5, 5.41) is 0. The molecule has 0 bridgehead atoms. The Hall–Kier alpha value is -2.76. The van der Waals surface area contributed by atoms with E-state index in [1.54, 1.807) is 6.07 Å². The van der Waals surface area contributed by atoms with Gasteiger partial charge in [0, 0.05) is 11.6 Å². The molecule has 0 saturated heterocycles. The van der Waals surface area contributed by atoms with Crippen LogP contribution in [0.2, 0.25) is 0 Å². The van der Waals surface area contributed by atoms with Gasteiger partial charge in [-0.3, -0.25) is 0 Å². The number of hydrogen-bond donors (Lipinski definition) is 0. The second kappa shape index (κ2) is 7.49. The lowest BCUT2D eigenvalue weighted by Crippen LogP contribution is -2.07. The van der Waals surface area contributed by atoms with Crippen LogP contribution in [0.15, 0.2) is 36.4 Å². The number of esters is 1. The largest absolute Gasteiger partial charge is 0.497 e. The third-order valence-corrected chi connectivity index (χ3v) is 3.19. The van der Waals surface area contributed by atoms with Crippen LogP contribution >= 0.6 is 0 Å². The quantitative estimate of drug-likeness (QED) is 0.765. The Labute approximate surface area is 133 Å². The van der Waals surface area contributed by atoms with Gasteiger partial charge in [0.1, 0.15) is 29.7 Å². The summed E-state index contributed by atoms with van der Waals surface area (Å²) in [5.74, 6) is 0.384. The zero-order chi connectivity index (χ0) is 16.8. The number of hydrogen-bond acceptors (Lipinski definition) is 5. The second-order valence-corrected chi connectivity index (χ2v) is 4.63. The Bertz CT molecular complexity index is 677. The second-order valence-electron chi connectivity index (χ2n) is 4.63. The molecule has 0 aliphatic rings. The van der Waals surface area contributed by atoms with Crippen LogP contribution in [0, 0.1) is 5.82 Å². The number of carbonyl (C=O) groups is 1. The highest BCUT2D eigenvalue weighted by molar-refractivity contribution is 5.90.